The fraction of sp³-hybridized carbons (Fsp3) is 0.474. The van der Waals surface area contributed by atoms with Crippen LogP contribution in [0.1, 0.15) is 16.8 Å². The molecule has 2 aromatic rings. The summed E-state index contributed by atoms with van der Waals surface area (Å²) < 4.78 is 12.2. The molecule has 1 aromatic heterocycles. The van der Waals surface area contributed by atoms with Gasteiger partial charge in [0.15, 0.2) is 0 Å². The fourth-order valence-electron chi connectivity index (χ4n) is 2.39. The van der Waals surface area contributed by atoms with Gasteiger partial charge in [0.25, 0.3) is 5.91 Å². The Labute approximate surface area is 169 Å². The molecule has 0 saturated heterocycles. The Morgan fingerprint density at radius 2 is 1.83 bits per heavy atom. The predicted molar refractivity (Wildman–Crippen MR) is 105 cm³/mol. The third-order valence-corrected chi connectivity index (χ3v) is 3.97. The first kappa shape index (κ1) is 22.5. The van der Waals surface area contributed by atoms with Gasteiger partial charge in [0, 0.05) is 31.1 Å². The highest BCUT2D eigenvalue weighted by Crippen LogP contribution is 2.16. The molecule has 10 nitrogen and oxygen atoms in total. The number of aliphatic hydroxyl groups excluding tert-OH is 1. The molecule has 0 bridgehead atoms. The number of carbonyl (C=O) groups is 2. The number of aromatic nitrogens is 3. The standard InChI is InChI=1S/C19H27N5O5/c1-20-18(26)6-7-21-19(27)16-4-2-15(3-5-16)17-14-24(23-22-17)8-10-28-12-13-29-11-9-25/h2-5,14,25H,6-13H2,1H3,(H,20,26)(H,21,27). The summed E-state index contributed by atoms with van der Waals surface area (Å²) in [6, 6.07) is 7.02. The Hall–Kier alpha value is -2.82. The van der Waals surface area contributed by atoms with Crippen molar-refractivity contribution in [3.63, 3.8) is 0 Å². The summed E-state index contributed by atoms with van der Waals surface area (Å²) in [7, 11) is 1.56. The highest BCUT2D eigenvalue weighted by molar-refractivity contribution is 5.94. The maximum absolute atomic E-state index is 12.1. The van der Waals surface area contributed by atoms with Crippen LogP contribution in [0.5, 0.6) is 0 Å². The Balaban J connectivity index is 1.77. The van der Waals surface area contributed by atoms with Crippen LogP contribution < -0.4 is 10.6 Å². The molecule has 0 aliphatic carbocycles. The summed E-state index contributed by atoms with van der Waals surface area (Å²) in [6.07, 6.45) is 2.05. The smallest absolute Gasteiger partial charge is 0.251 e. The summed E-state index contributed by atoms with van der Waals surface area (Å²) in [5, 5.41) is 22.0. The minimum atomic E-state index is -0.232. The van der Waals surface area contributed by atoms with Crippen LogP contribution in [0.15, 0.2) is 30.5 Å². The van der Waals surface area contributed by atoms with Gasteiger partial charge in [-0.25, -0.2) is 4.68 Å². The number of nitrogens with one attached hydrogen (secondary N) is 2. The van der Waals surface area contributed by atoms with E-state index in [9.17, 15) is 9.59 Å². The molecule has 0 atom stereocenters. The minimum absolute atomic E-state index is 0.00503. The quantitative estimate of drug-likeness (QED) is 0.395. The zero-order valence-electron chi connectivity index (χ0n) is 16.5. The predicted octanol–water partition coefficient (Wildman–Crippen LogP) is -0.163. The fourth-order valence-corrected chi connectivity index (χ4v) is 2.39. The number of rotatable bonds is 13. The molecule has 2 amide bonds. The van der Waals surface area contributed by atoms with Crippen LogP contribution in [0, 0.1) is 0 Å². The van der Waals surface area contributed by atoms with Crippen molar-refractivity contribution in [1.82, 2.24) is 25.6 Å². The van der Waals surface area contributed by atoms with Gasteiger partial charge in [-0.15, -0.1) is 5.10 Å². The molecule has 0 radical (unpaired) electrons. The number of benzene rings is 1. The molecule has 0 saturated carbocycles. The number of ether oxygens (including phenoxy) is 2. The molecule has 1 aromatic carbocycles. The van der Waals surface area contributed by atoms with E-state index in [-0.39, 0.29) is 31.4 Å². The minimum Gasteiger partial charge on any atom is -0.394 e. The number of aliphatic hydroxyl groups is 1. The molecule has 0 spiro atoms. The average molecular weight is 405 g/mol. The molecule has 2 rings (SSSR count). The number of hydrogen-bond donors (Lipinski definition) is 3. The largest absolute Gasteiger partial charge is 0.394 e. The molecule has 0 unspecified atom stereocenters. The molecular weight excluding hydrogens is 378 g/mol. The van der Waals surface area contributed by atoms with E-state index in [1.54, 1.807) is 36.0 Å². The zero-order chi connectivity index (χ0) is 20.9. The number of carbonyl (C=O) groups excluding carboxylic acids is 2. The Morgan fingerprint density at radius 3 is 2.52 bits per heavy atom. The maximum Gasteiger partial charge on any atom is 0.251 e. The van der Waals surface area contributed by atoms with Gasteiger partial charge < -0.3 is 25.2 Å². The van der Waals surface area contributed by atoms with Gasteiger partial charge >= 0.3 is 0 Å². The van der Waals surface area contributed by atoms with Crippen molar-refractivity contribution in [2.45, 2.75) is 13.0 Å². The van der Waals surface area contributed by atoms with E-state index < -0.39 is 0 Å². The molecule has 10 heteroatoms. The molecule has 3 N–H and O–H groups in total. The molecule has 0 aliphatic rings. The lowest BCUT2D eigenvalue weighted by Crippen LogP contribution is -2.29. The number of amides is 2. The zero-order valence-corrected chi connectivity index (χ0v) is 16.5. The van der Waals surface area contributed by atoms with E-state index in [4.69, 9.17) is 14.6 Å². The van der Waals surface area contributed by atoms with Gasteiger partial charge in [0.2, 0.25) is 5.91 Å². The van der Waals surface area contributed by atoms with E-state index in [2.05, 4.69) is 20.9 Å². The van der Waals surface area contributed by atoms with E-state index in [1.165, 1.54) is 0 Å². The maximum atomic E-state index is 12.1. The van der Waals surface area contributed by atoms with Gasteiger partial charge in [-0.3, -0.25) is 9.59 Å². The van der Waals surface area contributed by atoms with Crippen LogP contribution in [0.4, 0.5) is 0 Å². The number of hydrogen-bond acceptors (Lipinski definition) is 7. The topological polar surface area (TPSA) is 128 Å². The summed E-state index contributed by atoms with van der Waals surface area (Å²) in [5.74, 6) is -0.353. The highest BCUT2D eigenvalue weighted by Gasteiger charge is 2.08. The highest BCUT2D eigenvalue weighted by atomic mass is 16.5. The van der Waals surface area contributed by atoms with Crippen LogP contribution in [0.2, 0.25) is 0 Å². The molecule has 0 fully saturated rings. The molecule has 1 heterocycles. The molecular formula is C19H27N5O5. The second-order valence-corrected chi connectivity index (χ2v) is 6.07. The Kier molecular flexibility index (Phi) is 9.76. The molecule has 29 heavy (non-hydrogen) atoms. The lowest BCUT2D eigenvalue weighted by Gasteiger charge is -2.05. The van der Waals surface area contributed by atoms with Gasteiger partial charge in [0.1, 0.15) is 5.69 Å². The number of nitrogens with zero attached hydrogens (tertiary/aromatic N) is 3. The van der Waals surface area contributed by atoms with Crippen molar-refractivity contribution in [3.8, 4) is 11.3 Å². The van der Waals surface area contributed by atoms with Crippen LogP contribution in [0.25, 0.3) is 11.3 Å². The third kappa shape index (κ3) is 7.98. The van der Waals surface area contributed by atoms with Crippen LogP contribution >= 0.6 is 0 Å². The lowest BCUT2D eigenvalue weighted by molar-refractivity contribution is -0.120. The van der Waals surface area contributed by atoms with Crippen molar-refractivity contribution < 1.29 is 24.2 Å². The summed E-state index contributed by atoms with van der Waals surface area (Å²) >= 11 is 0. The van der Waals surface area contributed by atoms with Gasteiger partial charge in [0.05, 0.1) is 45.8 Å². The van der Waals surface area contributed by atoms with Crippen LogP contribution in [0.3, 0.4) is 0 Å². The van der Waals surface area contributed by atoms with Crippen molar-refractivity contribution in [1.29, 1.82) is 0 Å². The van der Waals surface area contributed by atoms with Crippen molar-refractivity contribution in [3.05, 3.63) is 36.0 Å². The van der Waals surface area contributed by atoms with Crippen molar-refractivity contribution in [2.24, 2.45) is 0 Å². The second kappa shape index (κ2) is 12.6. The third-order valence-electron chi connectivity index (χ3n) is 3.97. The van der Waals surface area contributed by atoms with Crippen LogP contribution in [-0.4, -0.2) is 78.5 Å². The van der Waals surface area contributed by atoms with Gasteiger partial charge in [-0.1, -0.05) is 17.3 Å². The first-order chi connectivity index (χ1) is 14.1. The first-order valence-electron chi connectivity index (χ1n) is 9.39. The summed E-state index contributed by atoms with van der Waals surface area (Å²) in [6.45, 7) is 2.52. The van der Waals surface area contributed by atoms with Gasteiger partial charge in [-0.2, -0.15) is 0 Å². The monoisotopic (exact) mass is 405 g/mol. The second-order valence-electron chi connectivity index (χ2n) is 6.07. The van der Waals surface area contributed by atoms with E-state index >= 15 is 0 Å². The van der Waals surface area contributed by atoms with Crippen LogP contribution in [-0.2, 0) is 20.8 Å². The van der Waals surface area contributed by atoms with Gasteiger partial charge in [-0.05, 0) is 12.1 Å². The lowest BCUT2D eigenvalue weighted by atomic mass is 10.1. The van der Waals surface area contributed by atoms with E-state index in [0.717, 1.165) is 5.56 Å². The summed E-state index contributed by atoms with van der Waals surface area (Å²) in [5.41, 5.74) is 2.05. The average Bonchev–Trinajstić information content (AvgIpc) is 3.22. The first-order valence-corrected chi connectivity index (χ1v) is 9.39. The normalized spacial score (nSPS) is 10.7. The van der Waals surface area contributed by atoms with Crippen molar-refractivity contribution in [2.75, 3.05) is 46.6 Å². The van der Waals surface area contributed by atoms with E-state index in [0.29, 0.717) is 44.2 Å². The molecule has 0 aliphatic heterocycles. The molecule has 158 valence electrons. The Bertz CT molecular complexity index is 763. The van der Waals surface area contributed by atoms with Crippen molar-refractivity contribution >= 4 is 11.8 Å². The van der Waals surface area contributed by atoms with E-state index in [1.807, 2.05) is 6.20 Å². The Morgan fingerprint density at radius 1 is 1.10 bits per heavy atom. The SMILES string of the molecule is CNC(=O)CCNC(=O)c1ccc(-c2cn(CCOCCOCCO)nn2)cc1. The summed E-state index contributed by atoms with van der Waals surface area (Å²) in [4.78, 5) is 23.3.